The average Bonchev–Trinajstić information content (AvgIpc) is 3.10. The molecule has 148 valence electrons. The number of rotatable bonds is 4. The third-order valence-electron chi connectivity index (χ3n) is 4.67. The highest BCUT2D eigenvalue weighted by atomic mass is 35.5. The van der Waals surface area contributed by atoms with Crippen LogP contribution in [0.5, 0.6) is 0 Å². The number of H-pyrrole nitrogens is 1. The van der Waals surface area contributed by atoms with Crippen LogP contribution in [0.15, 0.2) is 17.4 Å². The van der Waals surface area contributed by atoms with Crippen LogP contribution in [0.4, 0.5) is 15.0 Å². The van der Waals surface area contributed by atoms with Crippen molar-refractivity contribution in [2.75, 3.05) is 38.2 Å². The van der Waals surface area contributed by atoms with Gasteiger partial charge in [-0.2, -0.15) is 0 Å². The maximum absolute atomic E-state index is 14.2. The molecule has 9 nitrogen and oxygen atoms in total. The maximum Gasteiger partial charge on any atom is 0.315 e. The first-order valence-electron chi connectivity index (χ1n) is 8.81. The number of aromatic amines is 1. The molecular formula is C17H19ClFN7O2. The SMILES string of the molecule is NC(=O)N1CCOCC1CNc1nc(-c2c[nH]c3c2=CC(Cl)CN=3)ncc1F. The summed E-state index contributed by atoms with van der Waals surface area (Å²) in [4.78, 5) is 28.9. The van der Waals surface area contributed by atoms with Crippen LogP contribution in [0.25, 0.3) is 17.5 Å². The van der Waals surface area contributed by atoms with E-state index in [1.54, 1.807) is 6.20 Å². The summed E-state index contributed by atoms with van der Waals surface area (Å²) in [7, 11) is 0. The number of amides is 2. The van der Waals surface area contributed by atoms with Crippen LogP contribution in [0.1, 0.15) is 0 Å². The van der Waals surface area contributed by atoms with Gasteiger partial charge in [-0.25, -0.2) is 19.2 Å². The van der Waals surface area contributed by atoms with Gasteiger partial charge in [0.05, 0.1) is 37.4 Å². The molecule has 0 bridgehead atoms. The number of aromatic nitrogens is 3. The number of fused-ring (bicyclic) bond motifs is 1. The average molecular weight is 408 g/mol. The van der Waals surface area contributed by atoms with E-state index in [9.17, 15) is 9.18 Å². The first-order chi connectivity index (χ1) is 13.5. The first kappa shape index (κ1) is 18.6. The Bertz CT molecular complexity index is 1010. The van der Waals surface area contributed by atoms with E-state index in [0.717, 1.165) is 11.4 Å². The molecule has 0 saturated carbocycles. The number of anilines is 1. The van der Waals surface area contributed by atoms with Crippen LogP contribution in [-0.2, 0) is 4.74 Å². The molecule has 2 aromatic heterocycles. The lowest BCUT2D eigenvalue weighted by molar-refractivity contribution is 0.0191. The van der Waals surface area contributed by atoms with E-state index >= 15 is 0 Å². The monoisotopic (exact) mass is 407 g/mol. The minimum absolute atomic E-state index is 0.0325. The summed E-state index contributed by atoms with van der Waals surface area (Å²) in [6.45, 7) is 1.87. The Balaban J connectivity index is 1.58. The van der Waals surface area contributed by atoms with Crippen LogP contribution >= 0.6 is 11.6 Å². The second-order valence-electron chi connectivity index (χ2n) is 6.52. The minimum Gasteiger partial charge on any atom is -0.377 e. The summed E-state index contributed by atoms with van der Waals surface area (Å²) in [6.07, 6.45) is 4.70. The zero-order valence-corrected chi connectivity index (χ0v) is 15.6. The highest BCUT2D eigenvalue weighted by molar-refractivity contribution is 6.24. The number of ether oxygens (including phenoxy) is 1. The molecule has 4 N–H and O–H groups in total. The Kier molecular flexibility index (Phi) is 5.14. The van der Waals surface area contributed by atoms with Crippen molar-refractivity contribution >= 4 is 29.5 Å². The van der Waals surface area contributed by atoms with E-state index in [-0.39, 0.29) is 23.8 Å². The minimum atomic E-state index is -0.598. The van der Waals surface area contributed by atoms with Gasteiger partial charge in [-0.05, 0) is 0 Å². The van der Waals surface area contributed by atoms with Gasteiger partial charge in [-0.15, -0.1) is 11.6 Å². The van der Waals surface area contributed by atoms with Gasteiger partial charge in [0.25, 0.3) is 0 Å². The van der Waals surface area contributed by atoms with Crippen molar-refractivity contribution in [2.45, 2.75) is 11.4 Å². The molecule has 2 aliphatic rings. The fourth-order valence-electron chi connectivity index (χ4n) is 3.27. The van der Waals surface area contributed by atoms with Crippen molar-refractivity contribution < 1.29 is 13.9 Å². The number of urea groups is 1. The third-order valence-corrected chi connectivity index (χ3v) is 4.93. The van der Waals surface area contributed by atoms with Crippen LogP contribution in [0, 0.1) is 5.82 Å². The van der Waals surface area contributed by atoms with Gasteiger partial charge in [0, 0.05) is 30.1 Å². The Morgan fingerprint density at radius 3 is 3.21 bits per heavy atom. The van der Waals surface area contributed by atoms with Crippen molar-refractivity contribution in [1.29, 1.82) is 0 Å². The molecule has 28 heavy (non-hydrogen) atoms. The zero-order valence-electron chi connectivity index (χ0n) is 14.9. The Morgan fingerprint density at radius 1 is 1.54 bits per heavy atom. The highest BCUT2D eigenvalue weighted by Gasteiger charge is 2.26. The molecule has 4 rings (SSSR count). The molecule has 0 radical (unpaired) electrons. The molecule has 0 aliphatic carbocycles. The maximum atomic E-state index is 14.2. The number of morpholine rings is 1. The van der Waals surface area contributed by atoms with Gasteiger partial charge in [0.15, 0.2) is 17.5 Å². The van der Waals surface area contributed by atoms with Crippen LogP contribution in [0.3, 0.4) is 0 Å². The fourth-order valence-corrected chi connectivity index (χ4v) is 3.46. The second kappa shape index (κ2) is 7.72. The van der Waals surface area contributed by atoms with E-state index < -0.39 is 11.8 Å². The summed E-state index contributed by atoms with van der Waals surface area (Å²) in [5.41, 5.74) is 6.78. The second-order valence-corrected chi connectivity index (χ2v) is 7.08. The number of primary amides is 1. The van der Waals surface area contributed by atoms with E-state index in [1.165, 1.54) is 4.90 Å². The predicted molar refractivity (Wildman–Crippen MR) is 101 cm³/mol. The quantitative estimate of drug-likeness (QED) is 0.607. The number of carbonyl (C=O) groups excluding carboxylic acids is 1. The topological polar surface area (TPSA) is 122 Å². The number of nitrogens with zero attached hydrogens (tertiary/aromatic N) is 4. The summed E-state index contributed by atoms with van der Waals surface area (Å²) < 4.78 is 19.6. The number of hydrogen-bond acceptors (Lipinski definition) is 6. The van der Waals surface area contributed by atoms with Gasteiger partial charge < -0.3 is 25.7 Å². The highest BCUT2D eigenvalue weighted by Crippen LogP contribution is 2.17. The lowest BCUT2D eigenvalue weighted by atomic mass is 10.2. The standard InChI is InChI=1S/C17H19ClFN7O2/c18-9-3-11-12(6-23-14(11)21-4-9)15-24-7-13(19)16(25-15)22-5-10-8-28-2-1-26(10)17(20)27/h3,6-7,9-10H,1-2,4-5,8H2,(H2,20,27)(H,21,23)(H,22,24,25). The number of carbonyl (C=O) groups is 1. The molecule has 2 aliphatic heterocycles. The molecule has 2 amide bonds. The van der Waals surface area contributed by atoms with Crippen LogP contribution in [0.2, 0.25) is 0 Å². The lowest BCUT2D eigenvalue weighted by Gasteiger charge is -2.34. The molecule has 1 saturated heterocycles. The Hall–Kier alpha value is -2.72. The van der Waals surface area contributed by atoms with Crippen molar-refractivity contribution in [3.8, 4) is 11.4 Å². The van der Waals surface area contributed by atoms with Gasteiger partial charge in [0.1, 0.15) is 5.49 Å². The van der Waals surface area contributed by atoms with E-state index in [2.05, 4.69) is 25.3 Å². The molecule has 0 spiro atoms. The molecule has 2 aromatic rings. The Labute approximate surface area is 164 Å². The number of nitrogens with one attached hydrogen (secondary N) is 2. The molecule has 4 heterocycles. The zero-order chi connectivity index (χ0) is 19.7. The summed E-state index contributed by atoms with van der Waals surface area (Å²) in [5, 5.41) is 3.51. The van der Waals surface area contributed by atoms with Gasteiger partial charge in [0.2, 0.25) is 0 Å². The number of nitrogens with two attached hydrogens (primary N) is 1. The number of halogens is 2. The summed E-state index contributed by atoms with van der Waals surface area (Å²) >= 11 is 6.16. The van der Waals surface area contributed by atoms with Crippen molar-refractivity contribution in [2.24, 2.45) is 10.7 Å². The molecule has 2 atom stereocenters. The summed E-state index contributed by atoms with van der Waals surface area (Å²) in [6, 6.07) is -0.846. The van der Waals surface area contributed by atoms with E-state index in [1.807, 2.05) is 6.08 Å². The predicted octanol–water partition coefficient (Wildman–Crippen LogP) is -0.177. The normalized spacial score (nSPS) is 21.4. The molecule has 0 aromatic carbocycles. The smallest absolute Gasteiger partial charge is 0.315 e. The largest absolute Gasteiger partial charge is 0.377 e. The molecule has 2 unspecified atom stereocenters. The van der Waals surface area contributed by atoms with Crippen molar-refractivity contribution in [3.63, 3.8) is 0 Å². The summed E-state index contributed by atoms with van der Waals surface area (Å²) in [5.74, 6) is -0.227. The number of hydrogen-bond donors (Lipinski definition) is 3. The van der Waals surface area contributed by atoms with Crippen LogP contribution < -0.4 is 21.8 Å². The van der Waals surface area contributed by atoms with Crippen molar-refractivity contribution in [3.05, 3.63) is 28.9 Å². The van der Waals surface area contributed by atoms with Crippen molar-refractivity contribution in [1.82, 2.24) is 19.9 Å². The molecule has 11 heteroatoms. The van der Waals surface area contributed by atoms with Crippen LogP contribution in [-0.4, -0.2) is 70.1 Å². The van der Waals surface area contributed by atoms with Gasteiger partial charge in [-0.1, -0.05) is 6.08 Å². The van der Waals surface area contributed by atoms with Gasteiger partial charge in [-0.3, -0.25) is 4.99 Å². The van der Waals surface area contributed by atoms with Gasteiger partial charge >= 0.3 is 6.03 Å². The molecular weight excluding hydrogens is 389 g/mol. The third kappa shape index (κ3) is 3.65. The Morgan fingerprint density at radius 2 is 2.39 bits per heavy atom. The number of alkyl halides is 1. The fraction of sp³-hybridized carbons (Fsp3) is 0.412. The lowest BCUT2D eigenvalue weighted by Crippen LogP contribution is -2.53. The van der Waals surface area contributed by atoms with E-state index in [0.29, 0.717) is 43.2 Å². The van der Waals surface area contributed by atoms with E-state index in [4.69, 9.17) is 22.1 Å². The molecule has 1 fully saturated rings. The first-order valence-corrected chi connectivity index (χ1v) is 9.25.